The first-order chi connectivity index (χ1) is 12.5. The highest BCUT2D eigenvalue weighted by Gasteiger charge is 2.13. The number of aliphatic imine (C=N–C) groups is 1. The largest absolute Gasteiger partial charge is 0.444 e. The van der Waals surface area contributed by atoms with Crippen LogP contribution in [-0.2, 0) is 13.0 Å². The second-order valence-electron chi connectivity index (χ2n) is 6.63. The molecule has 0 saturated carbocycles. The fraction of sp³-hybridized carbons (Fsp3) is 0.500. The number of likely N-dealkylation sites (N-methyl/N-ethyl adjacent to an activating group) is 1. The molecule has 0 fully saturated rings. The molecule has 6 nitrogen and oxygen atoms in total. The summed E-state index contributed by atoms with van der Waals surface area (Å²) in [5.74, 6) is 2.27. The van der Waals surface area contributed by atoms with E-state index >= 15 is 0 Å². The smallest absolute Gasteiger partial charge is 0.216 e. The summed E-state index contributed by atoms with van der Waals surface area (Å²) < 4.78 is 5.60. The zero-order valence-corrected chi connectivity index (χ0v) is 19.3. The van der Waals surface area contributed by atoms with Gasteiger partial charge in [-0.25, -0.2) is 9.98 Å². The number of aryl methyl sites for hydroxylation is 2. The molecule has 0 bridgehead atoms. The monoisotopic (exact) mass is 485 g/mol. The molecule has 0 aliphatic heterocycles. The van der Waals surface area contributed by atoms with Crippen LogP contribution in [0.4, 0.5) is 0 Å². The van der Waals surface area contributed by atoms with Gasteiger partial charge in [0.1, 0.15) is 12.3 Å². The molecule has 1 atom stereocenters. The van der Waals surface area contributed by atoms with Crippen molar-refractivity contribution in [2.75, 3.05) is 27.2 Å². The highest BCUT2D eigenvalue weighted by atomic mass is 127. The van der Waals surface area contributed by atoms with Crippen molar-refractivity contribution >= 4 is 29.9 Å². The van der Waals surface area contributed by atoms with Crippen molar-refractivity contribution in [2.45, 2.75) is 39.8 Å². The number of guanidine groups is 1. The first kappa shape index (κ1) is 23.4. The highest BCUT2D eigenvalue weighted by molar-refractivity contribution is 14.0. The van der Waals surface area contributed by atoms with Crippen LogP contribution in [0.1, 0.15) is 29.8 Å². The molecule has 0 aliphatic carbocycles. The number of hydrogen-bond donors (Lipinski definition) is 2. The van der Waals surface area contributed by atoms with Crippen LogP contribution in [0.3, 0.4) is 0 Å². The summed E-state index contributed by atoms with van der Waals surface area (Å²) in [7, 11) is 4.22. The molecule has 0 radical (unpaired) electrons. The van der Waals surface area contributed by atoms with Crippen molar-refractivity contribution in [3.63, 3.8) is 0 Å². The summed E-state index contributed by atoms with van der Waals surface area (Å²) in [4.78, 5) is 11.2. The predicted octanol–water partition coefficient (Wildman–Crippen LogP) is 3.14. The topological polar surface area (TPSA) is 65.7 Å². The molecule has 2 aromatic rings. The maximum Gasteiger partial charge on any atom is 0.216 e. The average molecular weight is 485 g/mol. The van der Waals surface area contributed by atoms with E-state index < -0.39 is 0 Å². The minimum absolute atomic E-state index is 0. The first-order valence-corrected chi connectivity index (χ1v) is 9.15. The molecule has 2 rings (SSSR count). The number of aromatic nitrogens is 1. The maximum atomic E-state index is 5.60. The third-order valence-electron chi connectivity index (χ3n) is 4.34. The second kappa shape index (κ2) is 12.0. The predicted molar refractivity (Wildman–Crippen MR) is 122 cm³/mol. The van der Waals surface area contributed by atoms with Gasteiger partial charge in [-0.15, -0.1) is 24.0 Å². The minimum Gasteiger partial charge on any atom is -0.444 e. The Labute approximate surface area is 179 Å². The van der Waals surface area contributed by atoms with Gasteiger partial charge in [-0.05, 0) is 46.9 Å². The van der Waals surface area contributed by atoms with Crippen LogP contribution in [0.15, 0.2) is 39.7 Å². The van der Waals surface area contributed by atoms with Gasteiger partial charge in [0.2, 0.25) is 5.89 Å². The van der Waals surface area contributed by atoms with Gasteiger partial charge in [-0.1, -0.05) is 30.3 Å². The molecule has 0 amide bonds. The van der Waals surface area contributed by atoms with Gasteiger partial charge >= 0.3 is 0 Å². The molecule has 0 spiro atoms. The Kier molecular flexibility index (Phi) is 10.4. The molecule has 7 heteroatoms. The SMILES string of the molecule is CCNC(=NCc1nc(C)c(C)o1)NCC(Cc1ccccc1)N(C)C.I. The number of benzene rings is 1. The number of nitrogens with one attached hydrogen (secondary N) is 2. The molecule has 0 saturated heterocycles. The zero-order chi connectivity index (χ0) is 18.9. The minimum atomic E-state index is 0. The van der Waals surface area contributed by atoms with E-state index in [-0.39, 0.29) is 24.0 Å². The standard InChI is InChI=1S/C20H31N5O.HI/c1-6-21-20(23-14-19-24-15(2)16(3)26-19)22-13-18(25(4)5)12-17-10-8-7-9-11-17;/h7-11,18H,6,12-14H2,1-5H3,(H2,21,22,23);1H. The van der Waals surface area contributed by atoms with Gasteiger partial charge in [-0.2, -0.15) is 0 Å². The molecular formula is C20H32IN5O. The third-order valence-corrected chi connectivity index (χ3v) is 4.34. The molecule has 1 unspecified atom stereocenters. The number of hydrogen-bond acceptors (Lipinski definition) is 4. The zero-order valence-electron chi connectivity index (χ0n) is 17.0. The van der Waals surface area contributed by atoms with E-state index in [0.29, 0.717) is 18.5 Å². The van der Waals surface area contributed by atoms with Crippen molar-refractivity contribution in [3.8, 4) is 0 Å². The number of nitrogens with zero attached hydrogens (tertiary/aromatic N) is 3. The lowest BCUT2D eigenvalue weighted by Gasteiger charge is -2.25. The van der Waals surface area contributed by atoms with Crippen molar-refractivity contribution in [2.24, 2.45) is 4.99 Å². The highest BCUT2D eigenvalue weighted by Crippen LogP contribution is 2.09. The van der Waals surface area contributed by atoms with Gasteiger partial charge in [0.15, 0.2) is 5.96 Å². The van der Waals surface area contributed by atoms with Gasteiger partial charge in [0.25, 0.3) is 0 Å². The molecular weight excluding hydrogens is 453 g/mol. The fourth-order valence-electron chi connectivity index (χ4n) is 2.63. The third kappa shape index (κ3) is 7.88. The maximum absolute atomic E-state index is 5.60. The van der Waals surface area contributed by atoms with Crippen LogP contribution in [0, 0.1) is 13.8 Å². The van der Waals surface area contributed by atoms with Crippen LogP contribution in [0.2, 0.25) is 0 Å². The lowest BCUT2D eigenvalue weighted by molar-refractivity contribution is 0.290. The molecule has 1 heterocycles. The van der Waals surface area contributed by atoms with Crippen LogP contribution in [-0.4, -0.2) is 49.1 Å². The van der Waals surface area contributed by atoms with E-state index in [2.05, 4.69) is 76.9 Å². The number of rotatable bonds is 8. The Balaban J connectivity index is 0.00000364. The Morgan fingerprint density at radius 2 is 1.89 bits per heavy atom. The Bertz CT molecular complexity index is 680. The van der Waals surface area contributed by atoms with Crippen molar-refractivity contribution < 1.29 is 4.42 Å². The summed E-state index contributed by atoms with van der Waals surface area (Å²) in [6.07, 6.45) is 0.984. The molecule has 2 N–H and O–H groups in total. The van der Waals surface area contributed by atoms with E-state index in [4.69, 9.17) is 4.42 Å². The Hall–Kier alpha value is -1.61. The van der Waals surface area contributed by atoms with Crippen LogP contribution in [0.25, 0.3) is 0 Å². The van der Waals surface area contributed by atoms with Gasteiger partial charge < -0.3 is 20.0 Å². The van der Waals surface area contributed by atoms with Crippen LogP contribution >= 0.6 is 24.0 Å². The van der Waals surface area contributed by atoms with Gasteiger partial charge in [0.05, 0.1) is 5.69 Å². The normalized spacial score (nSPS) is 12.6. The quantitative estimate of drug-likeness (QED) is 0.342. The van der Waals surface area contributed by atoms with Gasteiger partial charge in [0, 0.05) is 19.1 Å². The molecule has 0 aliphatic rings. The van der Waals surface area contributed by atoms with Crippen molar-refractivity contribution in [1.29, 1.82) is 0 Å². The Morgan fingerprint density at radius 3 is 2.44 bits per heavy atom. The summed E-state index contributed by atoms with van der Waals surface area (Å²) in [6.45, 7) is 7.96. The van der Waals surface area contributed by atoms with E-state index in [1.54, 1.807) is 0 Å². The number of halogens is 1. The number of oxazole rings is 1. The second-order valence-corrected chi connectivity index (χ2v) is 6.63. The molecule has 1 aromatic carbocycles. The van der Waals surface area contributed by atoms with Crippen molar-refractivity contribution in [1.82, 2.24) is 20.5 Å². The Morgan fingerprint density at radius 1 is 1.19 bits per heavy atom. The van der Waals surface area contributed by atoms with E-state index in [9.17, 15) is 0 Å². The molecule has 150 valence electrons. The van der Waals surface area contributed by atoms with Crippen molar-refractivity contribution in [3.05, 3.63) is 53.2 Å². The lowest BCUT2D eigenvalue weighted by Crippen LogP contribution is -2.46. The molecule has 1 aromatic heterocycles. The summed E-state index contributed by atoms with van der Waals surface area (Å²) >= 11 is 0. The van der Waals surface area contributed by atoms with E-state index in [1.165, 1.54) is 5.56 Å². The summed E-state index contributed by atoms with van der Waals surface area (Å²) in [5, 5.41) is 6.73. The first-order valence-electron chi connectivity index (χ1n) is 9.15. The lowest BCUT2D eigenvalue weighted by atomic mass is 10.1. The van der Waals surface area contributed by atoms with E-state index in [1.807, 2.05) is 13.8 Å². The summed E-state index contributed by atoms with van der Waals surface area (Å²) in [5.41, 5.74) is 2.25. The van der Waals surface area contributed by atoms with E-state index in [0.717, 1.165) is 36.9 Å². The average Bonchev–Trinajstić information content (AvgIpc) is 2.94. The molecule has 27 heavy (non-hydrogen) atoms. The van der Waals surface area contributed by atoms with Crippen LogP contribution in [0.5, 0.6) is 0 Å². The fourth-order valence-corrected chi connectivity index (χ4v) is 2.63. The van der Waals surface area contributed by atoms with Gasteiger partial charge in [-0.3, -0.25) is 0 Å². The van der Waals surface area contributed by atoms with Crippen LogP contribution < -0.4 is 10.6 Å². The summed E-state index contributed by atoms with van der Waals surface area (Å²) in [6, 6.07) is 10.9.